The third kappa shape index (κ3) is 8.07. The molecular weight excluding hydrogens is 545 g/mol. The van der Waals surface area contributed by atoms with Crippen LogP contribution < -0.4 is 14.4 Å². The van der Waals surface area contributed by atoms with Gasteiger partial charge in [0.05, 0.1) is 17.7 Å². The maximum Gasteiger partial charge on any atom is 0.264 e. The number of halogens is 1. The maximum absolute atomic E-state index is 15.1. The molecule has 0 heterocycles. The van der Waals surface area contributed by atoms with Crippen molar-refractivity contribution in [3.8, 4) is 5.75 Å². The summed E-state index contributed by atoms with van der Waals surface area (Å²) in [5, 5.41) is 2.88. The Morgan fingerprint density at radius 2 is 1.68 bits per heavy atom. The Morgan fingerprint density at radius 1 is 1.00 bits per heavy atom. The normalized spacial score (nSPS) is 12.1. The lowest BCUT2D eigenvalue weighted by atomic mass is 10.1. The molecule has 0 aliphatic carbocycles. The summed E-state index contributed by atoms with van der Waals surface area (Å²) in [6.07, 6.45) is 0.282. The van der Waals surface area contributed by atoms with E-state index in [2.05, 4.69) is 5.32 Å². The number of sulfonamides is 1. The second kappa shape index (κ2) is 14.1. The molecule has 220 valence electrons. The first-order chi connectivity index (χ1) is 19.5. The number of rotatable bonds is 13. The van der Waals surface area contributed by atoms with Crippen molar-refractivity contribution in [2.45, 2.75) is 51.6 Å². The molecule has 0 spiro atoms. The van der Waals surface area contributed by atoms with Crippen LogP contribution >= 0.6 is 0 Å². The molecule has 3 aromatic rings. The Balaban J connectivity index is 2.07. The number of carbonyl (C=O) groups is 2. The van der Waals surface area contributed by atoms with E-state index >= 15 is 4.39 Å². The molecule has 41 heavy (non-hydrogen) atoms. The van der Waals surface area contributed by atoms with Crippen LogP contribution in [0.25, 0.3) is 0 Å². The monoisotopic (exact) mass is 583 g/mol. The minimum atomic E-state index is -4.35. The fourth-order valence-corrected chi connectivity index (χ4v) is 5.74. The van der Waals surface area contributed by atoms with Crippen molar-refractivity contribution >= 4 is 27.5 Å². The molecule has 0 aliphatic rings. The highest BCUT2D eigenvalue weighted by Gasteiger charge is 2.34. The number of nitrogens with one attached hydrogen (secondary N) is 1. The predicted octanol–water partition coefficient (Wildman–Crippen LogP) is 4.92. The van der Waals surface area contributed by atoms with E-state index in [0.29, 0.717) is 17.9 Å². The summed E-state index contributed by atoms with van der Waals surface area (Å²) in [4.78, 5) is 28.6. The second-order valence-electron chi connectivity index (χ2n) is 10.2. The Morgan fingerprint density at radius 3 is 2.29 bits per heavy atom. The van der Waals surface area contributed by atoms with Gasteiger partial charge in [0.15, 0.2) is 0 Å². The quantitative estimate of drug-likeness (QED) is 0.308. The fourth-order valence-electron chi connectivity index (χ4n) is 4.31. The Kier molecular flexibility index (Phi) is 10.9. The average Bonchev–Trinajstić information content (AvgIpc) is 2.95. The lowest BCUT2D eigenvalue weighted by molar-refractivity contribution is -0.140. The van der Waals surface area contributed by atoms with E-state index in [0.717, 1.165) is 15.9 Å². The van der Waals surface area contributed by atoms with Crippen molar-refractivity contribution in [1.82, 2.24) is 10.2 Å². The predicted molar refractivity (Wildman–Crippen MR) is 158 cm³/mol. The highest BCUT2D eigenvalue weighted by atomic mass is 32.2. The van der Waals surface area contributed by atoms with Gasteiger partial charge in [-0.3, -0.25) is 13.9 Å². The largest absolute Gasteiger partial charge is 0.497 e. The standard InChI is InChI=1S/C31H38FN3O5S/c1-6-28(31(37)33-19-22(2)3)34(20-24-10-9-11-25(18-24)40-5)30(36)21-35(29-13-8-7-12-27(29)32)41(38,39)26-16-14-23(4)15-17-26/h7-18,22,28H,6,19-21H2,1-5H3,(H,33,37)/t28-/m1/s1. The summed E-state index contributed by atoms with van der Waals surface area (Å²) < 4.78 is 48.8. The number of anilines is 1. The SMILES string of the molecule is CC[C@H](C(=O)NCC(C)C)N(Cc1cccc(OC)c1)C(=O)CN(c1ccccc1F)S(=O)(=O)c1ccc(C)cc1. The molecule has 0 saturated carbocycles. The van der Waals surface area contributed by atoms with Crippen LogP contribution in [0.5, 0.6) is 5.75 Å². The number of aryl methyl sites for hydroxylation is 1. The molecule has 10 heteroatoms. The van der Waals surface area contributed by atoms with E-state index in [9.17, 15) is 18.0 Å². The molecule has 0 radical (unpaired) electrons. The number of hydrogen-bond donors (Lipinski definition) is 1. The molecule has 3 aromatic carbocycles. The number of ether oxygens (including phenoxy) is 1. The zero-order valence-electron chi connectivity index (χ0n) is 24.1. The van der Waals surface area contributed by atoms with Gasteiger partial charge in [0.2, 0.25) is 11.8 Å². The summed E-state index contributed by atoms with van der Waals surface area (Å²) in [6, 6.07) is 17.7. The molecule has 2 amide bonds. The first-order valence-corrected chi connectivity index (χ1v) is 15.0. The van der Waals surface area contributed by atoms with Gasteiger partial charge in [0.25, 0.3) is 10.0 Å². The summed E-state index contributed by atoms with van der Waals surface area (Å²) in [5.41, 5.74) is 1.27. The number of amides is 2. The van der Waals surface area contributed by atoms with Crippen LogP contribution in [0.3, 0.4) is 0 Å². The van der Waals surface area contributed by atoms with Crippen molar-refractivity contribution < 1.29 is 27.1 Å². The molecule has 8 nitrogen and oxygen atoms in total. The summed E-state index contributed by atoms with van der Waals surface area (Å²) in [5.74, 6) is -1.04. The number of methoxy groups -OCH3 is 1. The smallest absolute Gasteiger partial charge is 0.264 e. The molecule has 1 N–H and O–H groups in total. The van der Waals surface area contributed by atoms with E-state index in [4.69, 9.17) is 4.74 Å². The second-order valence-corrected chi connectivity index (χ2v) is 12.1. The van der Waals surface area contributed by atoms with Crippen molar-refractivity contribution in [2.24, 2.45) is 5.92 Å². The van der Waals surface area contributed by atoms with Crippen LogP contribution in [0.4, 0.5) is 10.1 Å². The highest BCUT2D eigenvalue weighted by molar-refractivity contribution is 7.92. The zero-order valence-corrected chi connectivity index (χ0v) is 24.9. The van der Waals surface area contributed by atoms with Crippen molar-refractivity contribution in [1.29, 1.82) is 0 Å². The summed E-state index contributed by atoms with van der Waals surface area (Å²) in [7, 11) is -2.83. The van der Waals surface area contributed by atoms with Crippen LogP contribution in [0.15, 0.2) is 77.7 Å². The third-order valence-corrected chi connectivity index (χ3v) is 8.34. The molecule has 0 aromatic heterocycles. The van der Waals surface area contributed by atoms with Gasteiger partial charge in [-0.25, -0.2) is 12.8 Å². The topological polar surface area (TPSA) is 96.0 Å². The molecule has 0 fully saturated rings. The first kappa shape index (κ1) is 31.6. The number of nitrogens with zero attached hydrogens (tertiary/aromatic N) is 2. The van der Waals surface area contributed by atoms with Crippen LogP contribution in [0.1, 0.15) is 38.3 Å². The zero-order chi connectivity index (χ0) is 30.2. The van der Waals surface area contributed by atoms with Gasteiger partial charge >= 0.3 is 0 Å². The Hall–Kier alpha value is -3.92. The van der Waals surface area contributed by atoms with Gasteiger partial charge in [-0.05, 0) is 61.2 Å². The van der Waals surface area contributed by atoms with Gasteiger partial charge in [0, 0.05) is 13.1 Å². The summed E-state index contributed by atoms with van der Waals surface area (Å²) >= 11 is 0. The minimum absolute atomic E-state index is 0.0132. The van der Waals surface area contributed by atoms with E-state index in [1.54, 1.807) is 43.3 Å². The number of carbonyl (C=O) groups excluding carboxylic acids is 2. The van der Waals surface area contributed by atoms with E-state index in [-0.39, 0.29) is 35.4 Å². The Bertz CT molecular complexity index is 1440. The fraction of sp³-hybridized carbons (Fsp3) is 0.355. The molecule has 0 aliphatic heterocycles. The van der Waals surface area contributed by atoms with Gasteiger partial charge in [0.1, 0.15) is 24.2 Å². The molecular formula is C31H38FN3O5S. The van der Waals surface area contributed by atoms with Gasteiger partial charge in [-0.15, -0.1) is 0 Å². The minimum Gasteiger partial charge on any atom is -0.497 e. The number of para-hydroxylation sites is 1. The van der Waals surface area contributed by atoms with E-state index in [1.165, 1.54) is 42.3 Å². The van der Waals surface area contributed by atoms with Gasteiger partial charge in [-0.1, -0.05) is 62.7 Å². The molecule has 0 saturated heterocycles. The van der Waals surface area contributed by atoms with Crippen LogP contribution in [0, 0.1) is 18.7 Å². The van der Waals surface area contributed by atoms with Crippen LogP contribution in [0.2, 0.25) is 0 Å². The molecule has 0 bridgehead atoms. The van der Waals surface area contributed by atoms with Crippen molar-refractivity contribution in [2.75, 3.05) is 24.5 Å². The third-order valence-electron chi connectivity index (χ3n) is 6.57. The molecule has 0 unspecified atom stereocenters. The van der Waals surface area contributed by atoms with Crippen molar-refractivity contribution in [3.63, 3.8) is 0 Å². The molecule has 1 atom stereocenters. The van der Waals surface area contributed by atoms with Crippen LogP contribution in [-0.2, 0) is 26.2 Å². The average molecular weight is 584 g/mol. The van der Waals surface area contributed by atoms with Gasteiger partial charge < -0.3 is 15.0 Å². The van der Waals surface area contributed by atoms with Crippen LogP contribution in [-0.4, -0.2) is 51.4 Å². The first-order valence-electron chi connectivity index (χ1n) is 13.5. The molecule has 3 rings (SSSR count). The van der Waals surface area contributed by atoms with E-state index in [1.807, 2.05) is 20.8 Å². The maximum atomic E-state index is 15.1. The highest BCUT2D eigenvalue weighted by Crippen LogP contribution is 2.27. The number of hydrogen-bond acceptors (Lipinski definition) is 5. The summed E-state index contributed by atoms with van der Waals surface area (Å²) in [6.45, 7) is 7.24. The lowest BCUT2D eigenvalue weighted by Gasteiger charge is -2.33. The van der Waals surface area contributed by atoms with E-state index < -0.39 is 34.3 Å². The Labute approximate surface area is 242 Å². The lowest BCUT2D eigenvalue weighted by Crippen LogP contribution is -2.52. The number of benzene rings is 3. The van der Waals surface area contributed by atoms with Crippen molar-refractivity contribution in [3.05, 3.63) is 89.7 Å². The van der Waals surface area contributed by atoms with Gasteiger partial charge in [-0.2, -0.15) is 0 Å².